The van der Waals surface area contributed by atoms with Crippen molar-refractivity contribution in [2.75, 3.05) is 7.11 Å². The van der Waals surface area contributed by atoms with Crippen LogP contribution in [0.2, 0.25) is 10.0 Å². The molecular formula is C14H9Cl2FO2. The number of esters is 1. The van der Waals surface area contributed by atoms with Gasteiger partial charge in [-0.2, -0.15) is 0 Å². The van der Waals surface area contributed by atoms with Crippen molar-refractivity contribution < 1.29 is 13.9 Å². The molecule has 5 heteroatoms. The Morgan fingerprint density at radius 3 is 2.53 bits per heavy atom. The van der Waals surface area contributed by atoms with Crippen LogP contribution in [0.25, 0.3) is 11.1 Å². The molecule has 98 valence electrons. The second-order valence-electron chi connectivity index (χ2n) is 3.79. The van der Waals surface area contributed by atoms with E-state index in [-0.39, 0.29) is 16.1 Å². The van der Waals surface area contributed by atoms with E-state index in [0.717, 1.165) is 6.07 Å². The van der Waals surface area contributed by atoms with Gasteiger partial charge in [-0.15, -0.1) is 0 Å². The Labute approximate surface area is 119 Å². The van der Waals surface area contributed by atoms with Gasteiger partial charge >= 0.3 is 5.97 Å². The maximum Gasteiger partial charge on any atom is 0.337 e. The zero-order chi connectivity index (χ0) is 14.0. The zero-order valence-electron chi connectivity index (χ0n) is 9.91. The van der Waals surface area contributed by atoms with E-state index in [1.165, 1.54) is 19.2 Å². The number of carbonyl (C=O) groups excluding carboxylic acids is 1. The van der Waals surface area contributed by atoms with Gasteiger partial charge in [-0.1, -0.05) is 41.4 Å². The summed E-state index contributed by atoms with van der Waals surface area (Å²) in [7, 11) is 1.24. The minimum absolute atomic E-state index is 0.141. The van der Waals surface area contributed by atoms with Crippen molar-refractivity contribution in [3.05, 3.63) is 57.8 Å². The maximum absolute atomic E-state index is 14.0. The summed E-state index contributed by atoms with van der Waals surface area (Å²) in [5.74, 6) is -1.16. The number of carbonyl (C=O) groups is 1. The molecule has 2 nitrogen and oxygen atoms in total. The highest BCUT2D eigenvalue weighted by Gasteiger charge is 2.14. The predicted molar refractivity (Wildman–Crippen MR) is 73.2 cm³/mol. The maximum atomic E-state index is 14.0. The van der Waals surface area contributed by atoms with Gasteiger partial charge in [0.15, 0.2) is 0 Å². The first-order valence-electron chi connectivity index (χ1n) is 5.37. The van der Waals surface area contributed by atoms with E-state index in [2.05, 4.69) is 4.74 Å². The summed E-state index contributed by atoms with van der Waals surface area (Å²) in [6.45, 7) is 0. The van der Waals surface area contributed by atoms with E-state index >= 15 is 0 Å². The number of ether oxygens (including phenoxy) is 1. The lowest BCUT2D eigenvalue weighted by Crippen LogP contribution is -2.02. The molecule has 0 heterocycles. The molecule has 0 radical (unpaired) electrons. The van der Waals surface area contributed by atoms with Gasteiger partial charge in [-0.05, 0) is 18.2 Å². The molecule has 0 spiro atoms. The third kappa shape index (κ3) is 2.72. The third-order valence-electron chi connectivity index (χ3n) is 2.63. The number of halogens is 3. The van der Waals surface area contributed by atoms with Crippen LogP contribution >= 0.6 is 23.2 Å². The number of hydrogen-bond donors (Lipinski definition) is 0. The Morgan fingerprint density at radius 2 is 1.89 bits per heavy atom. The first-order chi connectivity index (χ1) is 9.04. The lowest BCUT2D eigenvalue weighted by Gasteiger charge is -2.08. The number of benzene rings is 2. The largest absolute Gasteiger partial charge is 0.465 e. The van der Waals surface area contributed by atoms with Crippen molar-refractivity contribution >= 4 is 29.2 Å². The van der Waals surface area contributed by atoms with Gasteiger partial charge in [-0.25, -0.2) is 9.18 Å². The van der Waals surface area contributed by atoms with Gasteiger partial charge in [0, 0.05) is 11.1 Å². The molecule has 0 N–H and O–H groups in total. The van der Waals surface area contributed by atoms with Crippen LogP contribution in [0.5, 0.6) is 0 Å². The minimum Gasteiger partial charge on any atom is -0.465 e. The Morgan fingerprint density at radius 1 is 1.16 bits per heavy atom. The highest BCUT2D eigenvalue weighted by molar-refractivity contribution is 6.43. The predicted octanol–water partition coefficient (Wildman–Crippen LogP) is 4.59. The van der Waals surface area contributed by atoms with Gasteiger partial charge < -0.3 is 4.74 Å². The fourth-order valence-corrected chi connectivity index (χ4v) is 2.09. The molecule has 0 saturated heterocycles. The van der Waals surface area contributed by atoms with Crippen LogP contribution in [-0.4, -0.2) is 13.1 Å². The van der Waals surface area contributed by atoms with Crippen molar-refractivity contribution in [2.24, 2.45) is 0 Å². The average molecular weight is 299 g/mol. The van der Waals surface area contributed by atoms with Gasteiger partial charge in [0.25, 0.3) is 0 Å². The molecule has 0 fully saturated rings. The van der Waals surface area contributed by atoms with Crippen LogP contribution in [0.3, 0.4) is 0 Å². The second kappa shape index (κ2) is 5.59. The fraction of sp³-hybridized carbons (Fsp3) is 0.0714. The van der Waals surface area contributed by atoms with Gasteiger partial charge in [-0.3, -0.25) is 0 Å². The summed E-state index contributed by atoms with van der Waals surface area (Å²) in [6.07, 6.45) is 0. The van der Waals surface area contributed by atoms with Gasteiger partial charge in [0.05, 0.1) is 22.7 Å². The molecule has 2 aromatic carbocycles. The normalized spacial score (nSPS) is 10.3. The van der Waals surface area contributed by atoms with Crippen LogP contribution < -0.4 is 0 Å². The molecule has 0 amide bonds. The lowest BCUT2D eigenvalue weighted by molar-refractivity contribution is 0.0600. The number of methoxy groups -OCH3 is 1. The van der Waals surface area contributed by atoms with E-state index in [4.69, 9.17) is 23.2 Å². The standard InChI is InChI=1S/C14H9Cl2FO2/c1-19-14(18)8-5-6-9(12(17)7-8)10-3-2-4-11(15)13(10)16/h2-7H,1H3. The van der Waals surface area contributed by atoms with Crippen molar-refractivity contribution in [3.8, 4) is 11.1 Å². The van der Waals surface area contributed by atoms with E-state index in [1.807, 2.05) is 0 Å². The molecule has 0 unspecified atom stereocenters. The summed E-state index contributed by atoms with van der Waals surface area (Å²) in [6, 6.07) is 9.01. The van der Waals surface area contributed by atoms with Crippen LogP contribution in [0, 0.1) is 5.82 Å². The average Bonchev–Trinajstić information content (AvgIpc) is 2.41. The second-order valence-corrected chi connectivity index (χ2v) is 4.57. The third-order valence-corrected chi connectivity index (χ3v) is 3.45. The Bertz CT molecular complexity index is 641. The molecule has 0 bridgehead atoms. The van der Waals surface area contributed by atoms with Crippen molar-refractivity contribution in [2.45, 2.75) is 0 Å². The van der Waals surface area contributed by atoms with E-state index < -0.39 is 11.8 Å². The molecule has 2 aromatic rings. The van der Waals surface area contributed by atoms with E-state index in [0.29, 0.717) is 10.6 Å². The molecule has 0 aromatic heterocycles. The highest BCUT2D eigenvalue weighted by atomic mass is 35.5. The molecule has 2 rings (SSSR count). The lowest BCUT2D eigenvalue weighted by atomic mass is 10.0. The number of rotatable bonds is 2. The first kappa shape index (κ1) is 13.8. The highest BCUT2D eigenvalue weighted by Crippen LogP contribution is 2.34. The van der Waals surface area contributed by atoms with E-state index in [9.17, 15) is 9.18 Å². The smallest absolute Gasteiger partial charge is 0.337 e. The molecule has 0 aliphatic heterocycles. The molecule has 0 aliphatic carbocycles. The number of hydrogen-bond acceptors (Lipinski definition) is 2. The summed E-state index contributed by atoms with van der Waals surface area (Å²) >= 11 is 11.9. The zero-order valence-corrected chi connectivity index (χ0v) is 11.4. The molecule has 0 saturated carbocycles. The molecular weight excluding hydrogens is 290 g/mol. The summed E-state index contributed by atoms with van der Waals surface area (Å²) in [5, 5.41) is 0.615. The molecule has 0 atom stereocenters. The SMILES string of the molecule is COC(=O)c1ccc(-c2cccc(Cl)c2Cl)c(F)c1. The van der Waals surface area contributed by atoms with E-state index in [1.54, 1.807) is 18.2 Å². The Kier molecular flexibility index (Phi) is 4.08. The van der Waals surface area contributed by atoms with Crippen LogP contribution in [-0.2, 0) is 4.74 Å². The van der Waals surface area contributed by atoms with Crippen molar-refractivity contribution in [3.63, 3.8) is 0 Å². The Hall–Kier alpha value is -1.58. The topological polar surface area (TPSA) is 26.3 Å². The molecule has 0 aliphatic rings. The van der Waals surface area contributed by atoms with Crippen LogP contribution in [0.1, 0.15) is 10.4 Å². The minimum atomic E-state index is -0.595. The van der Waals surface area contributed by atoms with Crippen LogP contribution in [0.15, 0.2) is 36.4 Å². The summed E-state index contributed by atoms with van der Waals surface area (Å²) in [4.78, 5) is 11.3. The molecule has 19 heavy (non-hydrogen) atoms. The fourth-order valence-electron chi connectivity index (χ4n) is 1.69. The summed E-state index contributed by atoms with van der Waals surface area (Å²) in [5.41, 5.74) is 0.894. The van der Waals surface area contributed by atoms with Gasteiger partial charge in [0.2, 0.25) is 0 Å². The van der Waals surface area contributed by atoms with Gasteiger partial charge in [0.1, 0.15) is 5.82 Å². The first-order valence-corrected chi connectivity index (χ1v) is 6.12. The van der Waals surface area contributed by atoms with Crippen molar-refractivity contribution in [1.82, 2.24) is 0 Å². The summed E-state index contributed by atoms with van der Waals surface area (Å²) < 4.78 is 18.6. The Balaban J connectivity index is 2.52. The quantitative estimate of drug-likeness (QED) is 0.758. The van der Waals surface area contributed by atoms with Crippen LogP contribution in [0.4, 0.5) is 4.39 Å². The monoisotopic (exact) mass is 298 g/mol. The van der Waals surface area contributed by atoms with Crippen molar-refractivity contribution in [1.29, 1.82) is 0 Å².